The van der Waals surface area contributed by atoms with Gasteiger partial charge in [0.05, 0.1) is 0 Å². The molecule has 0 fully saturated rings. The van der Waals surface area contributed by atoms with Gasteiger partial charge in [0.25, 0.3) is 0 Å². The first-order chi connectivity index (χ1) is 10.5. The van der Waals surface area contributed by atoms with Crippen molar-refractivity contribution in [1.29, 1.82) is 0 Å². The van der Waals surface area contributed by atoms with Crippen molar-refractivity contribution >= 4 is 24.7 Å². The zero-order valence-corrected chi connectivity index (χ0v) is 22.8. The van der Waals surface area contributed by atoms with Crippen LogP contribution in [0.4, 0.5) is 0 Å². The van der Waals surface area contributed by atoms with E-state index in [1.165, 1.54) is 15.1 Å². The van der Waals surface area contributed by atoms with Crippen LogP contribution in [0.3, 0.4) is 0 Å². The first kappa shape index (κ1) is 25.0. The van der Waals surface area contributed by atoms with E-state index in [9.17, 15) is 0 Å². The predicted molar refractivity (Wildman–Crippen MR) is 116 cm³/mol. The third kappa shape index (κ3) is 7.73. The molecule has 0 bridgehead atoms. The van der Waals surface area contributed by atoms with Crippen LogP contribution in [-0.4, -0.2) is 61.7 Å². The Bertz CT molecular complexity index is 366. The second kappa shape index (κ2) is 8.82. The molecule has 0 aromatic carbocycles. The van der Waals surface area contributed by atoms with Crippen molar-refractivity contribution in [2.24, 2.45) is 0 Å². The third-order valence-corrected chi connectivity index (χ3v) is 20.0. The number of likely N-dealkylation sites (N-methyl/N-ethyl adjacent to an activating group) is 1. The summed E-state index contributed by atoms with van der Waals surface area (Å²) in [6, 6.07) is 0. The van der Waals surface area contributed by atoms with Crippen molar-refractivity contribution in [2.75, 3.05) is 19.6 Å². The van der Waals surface area contributed by atoms with Gasteiger partial charge in [-0.25, -0.2) is 0 Å². The standard InChI is InChI=1S/C11H27N2Si.C6H18NSi2.Co/c1-8-13(9-2)10-11(3,4)12-14(5,6)7;1-8(2,3)7-9(4,5)6;/h8-10H2,1-7H3;1-6H3;/q2*-1;+2. The van der Waals surface area contributed by atoms with Gasteiger partial charge in [0.15, 0.2) is 0 Å². The SMILES string of the molecule is CCN(CC)CC(C)(C)[N]([Co][N]([Si](C)(C)C)[Si](C)(C)C)[Si](C)(C)C. The monoisotopic (exact) mass is 434 g/mol. The summed E-state index contributed by atoms with van der Waals surface area (Å²) in [7, 11) is -4.14. The average Bonchev–Trinajstić information content (AvgIpc) is 2.30. The summed E-state index contributed by atoms with van der Waals surface area (Å²) in [4.78, 5) is 2.58. The molecule has 0 spiro atoms. The van der Waals surface area contributed by atoms with Crippen LogP contribution in [0.1, 0.15) is 27.7 Å². The van der Waals surface area contributed by atoms with Crippen molar-refractivity contribution in [1.82, 2.24) is 11.8 Å². The van der Waals surface area contributed by atoms with Crippen LogP contribution in [0.5, 0.6) is 0 Å². The van der Waals surface area contributed by atoms with E-state index in [1.54, 1.807) is 0 Å². The Kier molecular flexibility index (Phi) is 9.20. The van der Waals surface area contributed by atoms with E-state index in [0.717, 1.165) is 19.6 Å². The second-order valence-corrected chi connectivity index (χ2v) is 27.5. The van der Waals surface area contributed by atoms with E-state index in [-0.39, 0.29) is 5.54 Å². The summed E-state index contributed by atoms with van der Waals surface area (Å²) in [6.07, 6.45) is 0. The third-order valence-electron chi connectivity index (χ3n) is 3.82. The van der Waals surface area contributed by atoms with Crippen molar-refractivity contribution in [3.05, 3.63) is 0 Å². The van der Waals surface area contributed by atoms with Crippen molar-refractivity contribution in [3.63, 3.8) is 0 Å². The van der Waals surface area contributed by atoms with Crippen LogP contribution in [0, 0.1) is 0 Å². The molecule has 7 heteroatoms. The molecule has 0 aliphatic heterocycles. The Hall–Kier alpha value is 1.04. The quantitative estimate of drug-likeness (QED) is 0.441. The van der Waals surface area contributed by atoms with Gasteiger partial charge in [-0.05, 0) is 0 Å². The van der Waals surface area contributed by atoms with Crippen LogP contribution in [0.15, 0.2) is 0 Å². The summed E-state index contributed by atoms with van der Waals surface area (Å²) in [5.74, 6) is 0. The minimum atomic E-state index is -1.44. The molecule has 0 aliphatic carbocycles. The van der Waals surface area contributed by atoms with E-state index < -0.39 is 24.7 Å². The Labute approximate surface area is 163 Å². The first-order valence-corrected chi connectivity index (χ1v) is 20.7. The van der Waals surface area contributed by atoms with Gasteiger partial charge >= 0.3 is 163 Å². The zero-order valence-electron chi connectivity index (χ0n) is 18.8. The summed E-state index contributed by atoms with van der Waals surface area (Å²) < 4.78 is 5.78. The van der Waals surface area contributed by atoms with Gasteiger partial charge < -0.3 is 0 Å². The summed E-state index contributed by atoms with van der Waals surface area (Å²) >= 11 is 1.52. The van der Waals surface area contributed by atoms with Crippen LogP contribution in [0.25, 0.3) is 0 Å². The van der Waals surface area contributed by atoms with Gasteiger partial charge in [0, 0.05) is 0 Å². The Morgan fingerprint density at radius 3 is 1.33 bits per heavy atom. The molecule has 0 aromatic rings. The van der Waals surface area contributed by atoms with Gasteiger partial charge in [-0.3, -0.25) is 0 Å². The molecule has 149 valence electrons. The van der Waals surface area contributed by atoms with E-state index in [1.807, 2.05) is 0 Å². The average molecular weight is 435 g/mol. The summed E-state index contributed by atoms with van der Waals surface area (Å²) in [5, 5.41) is 0. The number of rotatable bonds is 10. The van der Waals surface area contributed by atoms with Gasteiger partial charge in [-0.2, -0.15) is 0 Å². The Balaban J connectivity index is 5.71. The van der Waals surface area contributed by atoms with E-state index >= 15 is 0 Å². The van der Waals surface area contributed by atoms with Gasteiger partial charge in [0.1, 0.15) is 0 Å². The Morgan fingerprint density at radius 2 is 1.08 bits per heavy atom. The van der Waals surface area contributed by atoms with Gasteiger partial charge in [-0.15, -0.1) is 0 Å². The van der Waals surface area contributed by atoms with Crippen LogP contribution in [-0.2, 0) is 15.1 Å². The molecule has 0 saturated carbocycles. The molecule has 0 N–H and O–H groups in total. The molecule has 0 amide bonds. The van der Waals surface area contributed by atoms with Crippen molar-refractivity contribution in [2.45, 2.75) is 92.2 Å². The number of hydrogen-bond acceptors (Lipinski definition) is 3. The summed E-state index contributed by atoms with van der Waals surface area (Å²) in [6.45, 7) is 35.5. The first-order valence-electron chi connectivity index (χ1n) is 9.41. The van der Waals surface area contributed by atoms with Crippen LogP contribution >= 0.6 is 0 Å². The van der Waals surface area contributed by atoms with Crippen LogP contribution in [0.2, 0.25) is 58.9 Å². The molecule has 0 aliphatic rings. The van der Waals surface area contributed by atoms with E-state index in [0.29, 0.717) is 0 Å². The number of nitrogens with zero attached hydrogens (tertiary/aromatic N) is 3. The van der Waals surface area contributed by atoms with Crippen molar-refractivity contribution in [3.8, 4) is 0 Å². The minimum absolute atomic E-state index is 0.202. The molecule has 0 rings (SSSR count). The van der Waals surface area contributed by atoms with Crippen LogP contribution < -0.4 is 0 Å². The second-order valence-electron chi connectivity index (χ2n) is 10.4. The normalized spacial score (nSPS) is 15.2. The molecule has 3 nitrogen and oxygen atoms in total. The molecular weight excluding hydrogens is 389 g/mol. The fraction of sp³-hybridized carbons (Fsp3) is 1.00. The fourth-order valence-electron chi connectivity index (χ4n) is 3.42. The van der Waals surface area contributed by atoms with E-state index in [4.69, 9.17) is 0 Å². The molecule has 0 saturated heterocycles. The fourth-order valence-corrected chi connectivity index (χ4v) is 18.7. The van der Waals surface area contributed by atoms with Crippen molar-refractivity contribution < 1.29 is 15.1 Å². The molecule has 0 radical (unpaired) electrons. The number of hydrogen-bond donors (Lipinski definition) is 0. The zero-order chi connectivity index (χ0) is 19.6. The predicted octanol–water partition coefficient (Wildman–Crippen LogP) is 5.13. The summed E-state index contributed by atoms with van der Waals surface area (Å²) in [5.41, 5.74) is 0.202. The molecule has 0 unspecified atom stereocenters. The topological polar surface area (TPSA) is 9.72 Å². The van der Waals surface area contributed by atoms with E-state index in [2.05, 4.69) is 98.4 Å². The van der Waals surface area contributed by atoms with Gasteiger partial charge in [0.2, 0.25) is 0 Å². The molecule has 0 heterocycles. The maximum atomic E-state index is 2.92. The van der Waals surface area contributed by atoms with Gasteiger partial charge in [-0.1, -0.05) is 0 Å². The Morgan fingerprint density at radius 1 is 0.708 bits per heavy atom. The molecule has 0 atom stereocenters. The molecule has 24 heavy (non-hydrogen) atoms. The molecule has 0 aromatic heterocycles. The maximum absolute atomic E-state index is 2.92. The molecular formula is C17H45CoN3Si3.